The van der Waals surface area contributed by atoms with Crippen LogP contribution in [0.2, 0.25) is 0 Å². The zero-order chi connectivity index (χ0) is 14.6. The van der Waals surface area contributed by atoms with Crippen molar-refractivity contribution in [2.75, 3.05) is 5.32 Å². The van der Waals surface area contributed by atoms with E-state index < -0.39 is 9.05 Å². The molecule has 0 saturated heterocycles. The summed E-state index contributed by atoms with van der Waals surface area (Å²) >= 11 is 3.13. The predicted octanol–water partition coefficient (Wildman–Crippen LogP) is 3.75. The van der Waals surface area contributed by atoms with E-state index in [-0.39, 0.29) is 16.7 Å². The third kappa shape index (κ3) is 4.78. The second-order valence-corrected chi connectivity index (χ2v) is 7.65. The minimum atomic E-state index is -3.79. The number of rotatable bonds is 5. The number of hydrogen-bond acceptors (Lipinski definition) is 3. The van der Waals surface area contributed by atoms with Gasteiger partial charge >= 0.3 is 0 Å². The maximum Gasteiger partial charge on any atom is 0.262 e. The van der Waals surface area contributed by atoms with E-state index in [0.717, 1.165) is 12.8 Å². The Morgan fingerprint density at radius 1 is 1.47 bits per heavy atom. The average Bonchev–Trinajstić information content (AvgIpc) is 2.27. The first-order valence-corrected chi connectivity index (χ1v) is 8.91. The second-order valence-electron chi connectivity index (χ2n) is 4.26. The lowest BCUT2D eigenvalue weighted by atomic mass is 10.1. The van der Waals surface area contributed by atoms with Gasteiger partial charge in [0.05, 0.1) is 4.90 Å². The molecule has 0 saturated carbocycles. The maximum atomic E-state index is 11.8. The van der Waals surface area contributed by atoms with Crippen LogP contribution in [0.4, 0.5) is 5.69 Å². The van der Waals surface area contributed by atoms with E-state index in [1.807, 2.05) is 13.8 Å². The summed E-state index contributed by atoms with van der Waals surface area (Å²) in [7, 11) is 1.48. The average molecular weight is 369 g/mol. The largest absolute Gasteiger partial charge is 0.326 e. The number of halogens is 2. The molecule has 1 atom stereocenters. The van der Waals surface area contributed by atoms with Crippen molar-refractivity contribution in [3.05, 3.63) is 22.7 Å². The fraction of sp³-hybridized carbons (Fsp3) is 0.417. The first-order valence-electron chi connectivity index (χ1n) is 5.80. The van der Waals surface area contributed by atoms with Gasteiger partial charge in [-0.3, -0.25) is 4.79 Å². The van der Waals surface area contributed by atoms with Gasteiger partial charge in [-0.2, -0.15) is 0 Å². The summed E-state index contributed by atoms with van der Waals surface area (Å²) in [4.78, 5) is 11.8. The summed E-state index contributed by atoms with van der Waals surface area (Å²) in [6.45, 7) is 3.87. The molecule has 0 bridgehead atoms. The summed E-state index contributed by atoms with van der Waals surface area (Å²) in [5.41, 5.74) is 0.531. The monoisotopic (exact) mass is 367 g/mol. The van der Waals surface area contributed by atoms with Crippen LogP contribution in [0.5, 0.6) is 0 Å². The fourth-order valence-corrected chi connectivity index (χ4v) is 3.83. The van der Waals surface area contributed by atoms with E-state index in [1.54, 1.807) is 0 Å². The number of nitrogens with one attached hydrogen (secondary N) is 1. The highest BCUT2D eigenvalue weighted by atomic mass is 79.9. The van der Waals surface area contributed by atoms with Crippen LogP contribution in [-0.4, -0.2) is 14.3 Å². The van der Waals surface area contributed by atoms with Gasteiger partial charge in [-0.25, -0.2) is 8.42 Å². The standard InChI is InChI=1S/C12H15BrClNO3S/c1-3-4-8(2)12(16)15-9-5-6-11(10(13)7-9)19(14,17)18/h5-8H,3-4H2,1-2H3,(H,15,16). The van der Waals surface area contributed by atoms with Gasteiger partial charge in [0.1, 0.15) is 0 Å². The van der Waals surface area contributed by atoms with E-state index in [4.69, 9.17) is 10.7 Å². The molecule has 1 unspecified atom stereocenters. The first kappa shape index (κ1) is 16.5. The van der Waals surface area contributed by atoms with Crippen molar-refractivity contribution in [3.63, 3.8) is 0 Å². The molecule has 4 nitrogen and oxygen atoms in total. The summed E-state index contributed by atoms with van der Waals surface area (Å²) in [5.74, 6) is -0.171. The smallest absolute Gasteiger partial charge is 0.262 e. The van der Waals surface area contributed by atoms with Crippen molar-refractivity contribution in [2.45, 2.75) is 31.6 Å². The van der Waals surface area contributed by atoms with Gasteiger partial charge in [0.2, 0.25) is 5.91 Å². The lowest BCUT2D eigenvalue weighted by Crippen LogP contribution is -2.20. The number of anilines is 1. The Labute approximate surface area is 126 Å². The normalized spacial score (nSPS) is 13.1. The molecule has 1 aromatic carbocycles. The van der Waals surface area contributed by atoms with Crippen LogP contribution in [0, 0.1) is 5.92 Å². The van der Waals surface area contributed by atoms with Gasteiger partial charge in [-0.1, -0.05) is 20.3 Å². The molecule has 1 aromatic rings. The predicted molar refractivity (Wildman–Crippen MR) is 79.9 cm³/mol. The van der Waals surface area contributed by atoms with Gasteiger partial charge in [-0.05, 0) is 40.5 Å². The number of hydrogen-bond donors (Lipinski definition) is 1. The minimum Gasteiger partial charge on any atom is -0.326 e. The topological polar surface area (TPSA) is 63.2 Å². The van der Waals surface area contributed by atoms with Crippen molar-refractivity contribution in [1.82, 2.24) is 0 Å². The molecule has 106 valence electrons. The van der Waals surface area contributed by atoms with E-state index in [2.05, 4.69) is 21.2 Å². The molecule has 0 fully saturated rings. The van der Waals surface area contributed by atoms with E-state index in [9.17, 15) is 13.2 Å². The van der Waals surface area contributed by atoms with Crippen molar-refractivity contribution >= 4 is 47.3 Å². The summed E-state index contributed by atoms with van der Waals surface area (Å²) in [5, 5.41) is 2.74. The van der Waals surface area contributed by atoms with Gasteiger partial charge < -0.3 is 5.32 Å². The molecule has 0 aliphatic rings. The molecule has 0 aliphatic carbocycles. The van der Waals surface area contributed by atoms with Crippen LogP contribution in [0.1, 0.15) is 26.7 Å². The van der Waals surface area contributed by atoms with Gasteiger partial charge in [0, 0.05) is 26.8 Å². The molecule has 0 heterocycles. The highest BCUT2D eigenvalue weighted by Gasteiger charge is 2.16. The molecule has 1 N–H and O–H groups in total. The van der Waals surface area contributed by atoms with Gasteiger partial charge in [0.25, 0.3) is 9.05 Å². The van der Waals surface area contributed by atoms with Gasteiger partial charge in [-0.15, -0.1) is 0 Å². The van der Waals surface area contributed by atoms with Crippen LogP contribution in [0.25, 0.3) is 0 Å². The SMILES string of the molecule is CCCC(C)C(=O)Nc1ccc(S(=O)(=O)Cl)c(Br)c1. The Hall–Kier alpha value is -0.590. The Balaban J connectivity index is 2.88. The van der Waals surface area contributed by atoms with E-state index in [0.29, 0.717) is 10.2 Å². The molecular formula is C12H15BrClNO3S. The van der Waals surface area contributed by atoms with Crippen LogP contribution in [-0.2, 0) is 13.8 Å². The Morgan fingerprint density at radius 2 is 2.11 bits per heavy atom. The van der Waals surface area contributed by atoms with Crippen LogP contribution >= 0.6 is 26.6 Å². The third-order valence-electron chi connectivity index (χ3n) is 2.63. The zero-order valence-corrected chi connectivity index (χ0v) is 13.8. The molecule has 0 radical (unpaired) electrons. The highest BCUT2D eigenvalue weighted by molar-refractivity contribution is 9.10. The lowest BCUT2D eigenvalue weighted by molar-refractivity contribution is -0.119. The van der Waals surface area contributed by atoms with Crippen molar-refractivity contribution < 1.29 is 13.2 Å². The molecule has 1 rings (SSSR count). The van der Waals surface area contributed by atoms with E-state index >= 15 is 0 Å². The molecule has 0 aromatic heterocycles. The van der Waals surface area contributed by atoms with Crippen molar-refractivity contribution in [2.24, 2.45) is 5.92 Å². The van der Waals surface area contributed by atoms with Crippen molar-refractivity contribution in [1.29, 1.82) is 0 Å². The Kier molecular flexibility index (Phi) is 5.82. The summed E-state index contributed by atoms with van der Waals surface area (Å²) < 4.78 is 22.8. The zero-order valence-electron chi connectivity index (χ0n) is 10.6. The van der Waals surface area contributed by atoms with Crippen molar-refractivity contribution in [3.8, 4) is 0 Å². The summed E-state index contributed by atoms with van der Waals surface area (Å²) in [6.07, 6.45) is 1.74. The van der Waals surface area contributed by atoms with E-state index in [1.165, 1.54) is 18.2 Å². The Morgan fingerprint density at radius 3 is 2.58 bits per heavy atom. The molecule has 0 aliphatic heterocycles. The molecule has 0 spiro atoms. The molecule has 1 amide bonds. The summed E-state index contributed by atoms with van der Waals surface area (Å²) in [6, 6.07) is 4.38. The third-order valence-corrected chi connectivity index (χ3v) is 4.93. The number of amides is 1. The molecule has 7 heteroatoms. The maximum absolute atomic E-state index is 11.8. The quantitative estimate of drug-likeness (QED) is 0.805. The lowest BCUT2D eigenvalue weighted by Gasteiger charge is -2.12. The second kappa shape index (κ2) is 6.72. The molecular weight excluding hydrogens is 354 g/mol. The van der Waals surface area contributed by atoms with Crippen LogP contribution in [0.15, 0.2) is 27.6 Å². The van der Waals surface area contributed by atoms with Crippen LogP contribution < -0.4 is 5.32 Å². The molecule has 19 heavy (non-hydrogen) atoms. The highest BCUT2D eigenvalue weighted by Crippen LogP contribution is 2.28. The fourth-order valence-electron chi connectivity index (χ4n) is 1.61. The number of carbonyl (C=O) groups excluding carboxylic acids is 1. The number of benzene rings is 1. The first-order chi connectivity index (χ1) is 8.75. The minimum absolute atomic E-state index is 0.0197. The van der Waals surface area contributed by atoms with Crippen LogP contribution in [0.3, 0.4) is 0 Å². The van der Waals surface area contributed by atoms with Gasteiger partial charge in [0.15, 0.2) is 0 Å². The Bertz CT molecular complexity index is 574. The number of carbonyl (C=O) groups is 1.